The van der Waals surface area contributed by atoms with Crippen LogP contribution >= 0.6 is 0 Å². The fraction of sp³-hybridized carbons (Fsp3) is 0.545. The van der Waals surface area contributed by atoms with E-state index in [0.717, 1.165) is 24.8 Å². The van der Waals surface area contributed by atoms with Crippen LogP contribution in [0.25, 0.3) is 0 Å². The van der Waals surface area contributed by atoms with E-state index >= 15 is 0 Å². The summed E-state index contributed by atoms with van der Waals surface area (Å²) < 4.78 is 8.18. The van der Waals surface area contributed by atoms with Crippen molar-refractivity contribution in [1.82, 2.24) is 14.7 Å². The molecule has 1 fully saturated rings. The maximum Gasteiger partial charge on any atom is 0.253 e. The Morgan fingerprint density at radius 3 is 2.57 bits per heavy atom. The smallest absolute Gasteiger partial charge is 0.253 e. The van der Waals surface area contributed by atoms with E-state index in [4.69, 9.17) is 4.74 Å². The van der Waals surface area contributed by atoms with Crippen molar-refractivity contribution in [3.63, 3.8) is 0 Å². The van der Waals surface area contributed by atoms with E-state index in [1.165, 1.54) is 5.56 Å². The minimum absolute atomic E-state index is 0.0715. The second kappa shape index (κ2) is 7.24. The Kier molecular flexibility index (Phi) is 4.91. The van der Waals surface area contributed by atoms with Crippen molar-refractivity contribution in [2.45, 2.75) is 64.2 Å². The molecule has 2 aliphatic heterocycles. The van der Waals surface area contributed by atoms with Crippen LogP contribution in [-0.4, -0.2) is 44.4 Å². The molecule has 1 aromatic heterocycles. The Morgan fingerprint density at radius 1 is 1.29 bits per heavy atom. The number of carbonyl (C=O) groups is 1. The first-order valence-corrected chi connectivity index (χ1v) is 10.2. The first-order chi connectivity index (χ1) is 13.4. The molecule has 4 rings (SSSR count). The van der Waals surface area contributed by atoms with Crippen molar-refractivity contribution in [3.8, 4) is 5.75 Å². The quantitative estimate of drug-likeness (QED) is 0.881. The molecule has 1 saturated heterocycles. The molecule has 1 amide bonds. The minimum atomic E-state index is -0.618. The van der Waals surface area contributed by atoms with Crippen LogP contribution in [0.2, 0.25) is 0 Å². The molecule has 1 atom stereocenters. The predicted molar refractivity (Wildman–Crippen MR) is 107 cm³/mol. The summed E-state index contributed by atoms with van der Waals surface area (Å²) in [6.45, 7) is 7.48. The number of benzene rings is 1. The highest BCUT2D eigenvalue weighted by Gasteiger charge is 2.45. The number of fused-ring (bicyclic) bond motifs is 1. The summed E-state index contributed by atoms with van der Waals surface area (Å²) in [6.07, 6.45) is 4.20. The number of aliphatic hydroxyl groups is 1. The number of hydrogen-bond donors (Lipinski definition) is 1. The number of piperidine rings is 1. The Balaban J connectivity index is 1.45. The van der Waals surface area contributed by atoms with Crippen LogP contribution in [0.3, 0.4) is 0 Å². The number of aromatic nitrogens is 2. The molecule has 0 saturated carbocycles. The van der Waals surface area contributed by atoms with Gasteiger partial charge in [-0.1, -0.05) is 19.1 Å². The average molecular weight is 383 g/mol. The number of ether oxygens (including phenoxy) is 1. The minimum Gasteiger partial charge on any atom is -0.483 e. The van der Waals surface area contributed by atoms with Crippen LogP contribution < -0.4 is 4.74 Å². The molecule has 1 spiro atoms. The zero-order valence-corrected chi connectivity index (χ0v) is 16.9. The standard InChI is InChI=1S/C22H29N3O3/c1-4-16-5-7-17(8-6-16)21(27)24-11-9-22(10-12-24)13-18(26)20-19(28-22)14-25(23-20)15(2)3/h5-8,14-15,18,26H,4,9-13H2,1-3H3. The van der Waals surface area contributed by atoms with Crippen LogP contribution in [0, 0.1) is 0 Å². The third-order valence-electron chi connectivity index (χ3n) is 6.03. The second-order valence-corrected chi connectivity index (χ2v) is 8.30. The zero-order valence-electron chi connectivity index (χ0n) is 16.9. The topological polar surface area (TPSA) is 67.6 Å². The lowest BCUT2D eigenvalue weighted by atomic mass is 9.83. The number of aliphatic hydroxyl groups excluding tert-OH is 1. The largest absolute Gasteiger partial charge is 0.483 e. The summed E-state index contributed by atoms with van der Waals surface area (Å²) in [5.74, 6) is 0.754. The molecule has 0 radical (unpaired) electrons. The molecule has 3 heterocycles. The lowest BCUT2D eigenvalue weighted by molar-refractivity contribution is -0.0504. The van der Waals surface area contributed by atoms with Crippen LogP contribution in [0.15, 0.2) is 30.5 Å². The molecular weight excluding hydrogens is 354 g/mol. The zero-order chi connectivity index (χ0) is 19.9. The average Bonchev–Trinajstić information content (AvgIpc) is 3.13. The van der Waals surface area contributed by atoms with Crippen LogP contribution in [0.5, 0.6) is 5.75 Å². The number of hydrogen-bond acceptors (Lipinski definition) is 4. The number of aryl methyl sites for hydroxylation is 1. The maximum atomic E-state index is 12.8. The van der Waals surface area contributed by atoms with Gasteiger partial charge in [-0.2, -0.15) is 5.10 Å². The Morgan fingerprint density at radius 2 is 1.96 bits per heavy atom. The van der Waals surface area contributed by atoms with Gasteiger partial charge in [-0.25, -0.2) is 0 Å². The monoisotopic (exact) mass is 383 g/mol. The molecule has 2 aliphatic rings. The van der Waals surface area contributed by atoms with Gasteiger partial charge < -0.3 is 14.7 Å². The van der Waals surface area contributed by atoms with E-state index in [1.807, 2.05) is 40.0 Å². The number of carbonyl (C=O) groups excluding carboxylic acids is 1. The van der Waals surface area contributed by atoms with Crippen molar-refractivity contribution in [2.75, 3.05) is 13.1 Å². The third-order valence-corrected chi connectivity index (χ3v) is 6.03. The van der Waals surface area contributed by atoms with Crippen molar-refractivity contribution in [3.05, 3.63) is 47.3 Å². The normalized spacial score (nSPS) is 20.9. The molecule has 0 aliphatic carbocycles. The van der Waals surface area contributed by atoms with Crippen molar-refractivity contribution in [2.24, 2.45) is 0 Å². The number of amides is 1. The van der Waals surface area contributed by atoms with Gasteiger partial charge in [0.05, 0.1) is 6.20 Å². The molecule has 0 bridgehead atoms. The molecule has 6 nitrogen and oxygen atoms in total. The predicted octanol–water partition coefficient (Wildman–Crippen LogP) is 3.52. The van der Waals surface area contributed by atoms with E-state index in [0.29, 0.717) is 31.0 Å². The molecular formula is C22H29N3O3. The molecule has 150 valence electrons. The molecule has 1 aromatic carbocycles. The van der Waals surface area contributed by atoms with Gasteiger partial charge in [0, 0.05) is 44.0 Å². The highest BCUT2D eigenvalue weighted by atomic mass is 16.5. The van der Waals surface area contributed by atoms with Gasteiger partial charge in [0.25, 0.3) is 5.91 Å². The highest BCUT2D eigenvalue weighted by molar-refractivity contribution is 5.94. The molecule has 1 unspecified atom stereocenters. The molecule has 2 aromatic rings. The van der Waals surface area contributed by atoms with Crippen molar-refractivity contribution >= 4 is 5.91 Å². The van der Waals surface area contributed by atoms with E-state index in [-0.39, 0.29) is 11.9 Å². The van der Waals surface area contributed by atoms with Gasteiger partial charge in [-0.15, -0.1) is 0 Å². The Hall–Kier alpha value is -2.34. The fourth-order valence-electron chi connectivity index (χ4n) is 4.18. The van der Waals surface area contributed by atoms with E-state index in [1.54, 1.807) is 0 Å². The SMILES string of the molecule is CCc1ccc(C(=O)N2CCC3(CC2)CC(O)c2nn(C(C)C)cc2O3)cc1. The number of nitrogens with zero attached hydrogens (tertiary/aromatic N) is 3. The maximum absolute atomic E-state index is 12.8. The van der Waals surface area contributed by atoms with Crippen LogP contribution in [-0.2, 0) is 6.42 Å². The summed E-state index contributed by atoms with van der Waals surface area (Å²) in [5, 5.41) is 15.1. The van der Waals surface area contributed by atoms with E-state index in [2.05, 4.69) is 25.9 Å². The lowest BCUT2D eigenvalue weighted by Gasteiger charge is -2.44. The van der Waals surface area contributed by atoms with E-state index in [9.17, 15) is 9.90 Å². The number of rotatable bonds is 3. The Bertz CT molecular complexity index is 848. The van der Waals surface area contributed by atoms with Gasteiger partial charge in [-0.05, 0) is 38.0 Å². The Labute approximate surface area is 166 Å². The lowest BCUT2D eigenvalue weighted by Crippen LogP contribution is -2.51. The fourth-order valence-corrected chi connectivity index (χ4v) is 4.18. The van der Waals surface area contributed by atoms with Gasteiger partial charge in [-0.3, -0.25) is 9.48 Å². The summed E-state index contributed by atoms with van der Waals surface area (Å²) in [5.41, 5.74) is 2.18. The summed E-state index contributed by atoms with van der Waals surface area (Å²) in [7, 11) is 0. The molecule has 1 N–H and O–H groups in total. The van der Waals surface area contributed by atoms with Gasteiger partial charge in [0.2, 0.25) is 0 Å². The van der Waals surface area contributed by atoms with Gasteiger partial charge in [0.15, 0.2) is 5.75 Å². The van der Waals surface area contributed by atoms with Crippen molar-refractivity contribution in [1.29, 1.82) is 0 Å². The second-order valence-electron chi connectivity index (χ2n) is 8.30. The molecule has 6 heteroatoms. The third kappa shape index (κ3) is 3.41. The highest BCUT2D eigenvalue weighted by Crippen LogP contribution is 2.44. The first kappa shape index (κ1) is 19.0. The van der Waals surface area contributed by atoms with E-state index < -0.39 is 11.7 Å². The summed E-state index contributed by atoms with van der Waals surface area (Å²) in [6, 6.07) is 8.09. The first-order valence-electron chi connectivity index (χ1n) is 10.2. The molecule has 28 heavy (non-hydrogen) atoms. The summed E-state index contributed by atoms with van der Waals surface area (Å²) in [4.78, 5) is 14.7. The number of likely N-dealkylation sites (tertiary alicyclic amines) is 1. The summed E-state index contributed by atoms with van der Waals surface area (Å²) >= 11 is 0. The van der Waals surface area contributed by atoms with Gasteiger partial charge >= 0.3 is 0 Å². The van der Waals surface area contributed by atoms with Crippen molar-refractivity contribution < 1.29 is 14.6 Å². The van der Waals surface area contributed by atoms with Crippen LogP contribution in [0.1, 0.15) is 73.8 Å². The van der Waals surface area contributed by atoms with Gasteiger partial charge in [0.1, 0.15) is 17.4 Å². The van der Waals surface area contributed by atoms with Crippen LogP contribution in [0.4, 0.5) is 0 Å².